The number of epoxide rings is 1. The summed E-state index contributed by atoms with van der Waals surface area (Å²) in [5, 5.41) is 13.7. The number of ether oxygens (including phenoxy) is 1. The third-order valence-electron chi connectivity index (χ3n) is 6.90. The van der Waals surface area contributed by atoms with E-state index < -0.39 is 12.0 Å². The Labute approximate surface area is 201 Å². The standard InChI is InChI=1S/C24H27FN8O2/c1-13(2)16-8-20(32-31-16)29-21-15-9-24(12-35-24)10-17(15)28-23(30-21)33-7-3-4-18(33)22(34)27-14-5-6-19(25)26-11-14/h5-6,8,11,13,18H,3-4,7,9-10,12H2,1-2H3,(H,27,34)(H2,28,29,30,31,32)/t18-,24?/m1/s1. The molecule has 1 unspecified atom stereocenters. The van der Waals surface area contributed by atoms with Crippen LogP contribution in [0.2, 0.25) is 0 Å². The first-order chi connectivity index (χ1) is 16.9. The van der Waals surface area contributed by atoms with Crippen molar-refractivity contribution in [3.8, 4) is 0 Å². The molecule has 6 rings (SSSR count). The van der Waals surface area contributed by atoms with E-state index in [0.717, 1.165) is 42.8 Å². The average molecular weight is 479 g/mol. The van der Waals surface area contributed by atoms with Crippen LogP contribution in [0.25, 0.3) is 0 Å². The van der Waals surface area contributed by atoms with E-state index in [1.807, 2.05) is 11.0 Å². The van der Waals surface area contributed by atoms with Crippen LogP contribution in [0, 0.1) is 5.95 Å². The highest BCUT2D eigenvalue weighted by atomic mass is 19.1. The van der Waals surface area contributed by atoms with E-state index >= 15 is 0 Å². The molecule has 11 heteroatoms. The number of aromatic nitrogens is 5. The molecular weight excluding hydrogens is 451 g/mol. The highest BCUT2D eigenvalue weighted by Crippen LogP contribution is 2.44. The lowest BCUT2D eigenvalue weighted by Gasteiger charge is -2.25. The Morgan fingerprint density at radius 1 is 1.31 bits per heavy atom. The molecule has 0 aromatic carbocycles. The smallest absolute Gasteiger partial charge is 0.247 e. The Morgan fingerprint density at radius 2 is 2.17 bits per heavy atom. The summed E-state index contributed by atoms with van der Waals surface area (Å²) < 4.78 is 18.9. The van der Waals surface area contributed by atoms with Crippen LogP contribution < -0.4 is 15.5 Å². The van der Waals surface area contributed by atoms with E-state index in [9.17, 15) is 9.18 Å². The Balaban J connectivity index is 1.29. The maximum atomic E-state index is 13.1. The average Bonchev–Trinajstić information content (AvgIpc) is 3.21. The lowest BCUT2D eigenvalue weighted by molar-refractivity contribution is -0.117. The normalized spacial score (nSPS) is 22.6. The lowest BCUT2D eigenvalue weighted by Crippen LogP contribution is -2.40. The van der Waals surface area contributed by atoms with Gasteiger partial charge in [0.1, 0.15) is 17.5 Å². The molecule has 2 atom stereocenters. The first-order valence-electron chi connectivity index (χ1n) is 11.9. The molecule has 35 heavy (non-hydrogen) atoms. The summed E-state index contributed by atoms with van der Waals surface area (Å²) in [6, 6.07) is 4.27. The molecule has 3 aromatic rings. The van der Waals surface area contributed by atoms with Crippen molar-refractivity contribution in [3.63, 3.8) is 0 Å². The Morgan fingerprint density at radius 3 is 2.89 bits per heavy atom. The van der Waals surface area contributed by atoms with Crippen LogP contribution in [-0.2, 0) is 22.4 Å². The minimum Gasteiger partial charge on any atom is -0.369 e. The first-order valence-corrected chi connectivity index (χ1v) is 11.9. The number of halogens is 1. The van der Waals surface area contributed by atoms with Gasteiger partial charge in [-0.1, -0.05) is 13.8 Å². The van der Waals surface area contributed by atoms with E-state index in [2.05, 4.69) is 39.7 Å². The summed E-state index contributed by atoms with van der Waals surface area (Å²) in [5.74, 6) is 1.45. The minimum absolute atomic E-state index is 0.169. The Bertz CT molecular complexity index is 1270. The second-order valence-electron chi connectivity index (χ2n) is 9.82. The molecule has 0 bridgehead atoms. The zero-order valence-corrected chi connectivity index (χ0v) is 19.6. The number of nitrogens with one attached hydrogen (secondary N) is 3. The maximum absolute atomic E-state index is 13.1. The van der Waals surface area contributed by atoms with Gasteiger partial charge in [-0.2, -0.15) is 14.5 Å². The quantitative estimate of drug-likeness (QED) is 0.365. The Hall–Kier alpha value is -3.60. The predicted molar refractivity (Wildman–Crippen MR) is 127 cm³/mol. The molecule has 2 fully saturated rings. The molecule has 2 aliphatic heterocycles. The third-order valence-corrected chi connectivity index (χ3v) is 6.90. The van der Waals surface area contributed by atoms with Crippen LogP contribution >= 0.6 is 0 Å². The zero-order valence-electron chi connectivity index (χ0n) is 19.6. The number of aromatic amines is 1. The SMILES string of the molecule is CC(C)c1cc(Nc2nc(N3CCC[C@@H]3C(=O)Nc3ccc(F)nc3)nc3c2CC2(CO2)C3)n[nH]1. The number of hydrogen-bond acceptors (Lipinski definition) is 8. The van der Waals surface area contributed by atoms with Crippen molar-refractivity contribution < 1.29 is 13.9 Å². The molecule has 3 aromatic heterocycles. The molecule has 182 valence electrons. The topological polar surface area (TPSA) is 124 Å². The van der Waals surface area contributed by atoms with E-state index in [0.29, 0.717) is 42.2 Å². The number of H-pyrrole nitrogens is 1. The molecule has 5 heterocycles. The number of amides is 1. The molecular formula is C24H27FN8O2. The summed E-state index contributed by atoms with van der Waals surface area (Å²) in [4.78, 5) is 28.4. The molecule has 0 radical (unpaired) electrons. The van der Waals surface area contributed by atoms with Gasteiger partial charge in [0.05, 0.1) is 24.2 Å². The molecule has 1 aliphatic carbocycles. The first kappa shape index (κ1) is 21.9. The fourth-order valence-electron chi connectivity index (χ4n) is 4.85. The van der Waals surface area contributed by atoms with Crippen molar-refractivity contribution in [2.75, 3.05) is 28.7 Å². The predicted octanol–water partition coefficient (Wildman–Crippen LogP) is 3.08. The number of nitrogens with zero attached hydrogens (tertiary/aromatic N) is 5. The fourth-order valence-corrected chi connectivity index (χ4v) is 4.85. The molecule has 3 N–H and O–H groups in total. The number of anilines is 4. The highest BCUT2D eigenvalue weighted by molar-refractivity contribution is 5.96. The zero-order chi connectivity index (χ0) is 24.2. The van der Waals surface area contributed by atoms with Crippen LogP contribution in [0.1, 0.15) is 49.6 Å². The van der Waals surface area contributed by atoms with Crippen LogP contribution in [0.15, 0.2) is 24.4 Å². The van der Waals surface area contributed by atoms with Crippen LogP contribution in [0.4, 0.5) is 27.7 Å². The molecule has 2 saturated heterocycles. The van der Waals surface area contributed by atoms with Gasteiger partial charge in [-0.3, -0.25) is 9.89 Å². The number of hydrogen-bond donors (Lipinski definition) is 3. The van der Waals surface area contributed by atoms with Crippen LogP contribution in [-0.4, -0.2) is 55.9 Å². The second-order valence-corrected chi connectivity index (χ2v) is 9.82. The van der Waals surface area contributed by atoms with Crippen molar-refractivity contribution in [1.29, 1.82) is 0 Å². The van der Waals surface area contributed by atoms with Crippen molar-refractivity contribution in [2.45, 2.75) is 57.1 Å². The number of fused-ring (bicyclic) bond motifs is 1. The van der Waals surface area contributed by atoms with Gasteiger partial charge in [0.2, 0.25) is 17.8 Å². The van der Waals surface area contributed by atoms with Gasteiger partial charge in [-0.25, -0.2) is 9.97 Å². The maximum Gasteiger partial charge on any atom is 0.247 e. The molecule has 3 aliphatic rings. The van der Waals surface area contributed by atoms with Crippen molar-refractivity contribution in [2.24, 2.45) is 0 Å². The fraction of sp³-hybridized carbons (Fsp3) is 0.458. The van der Waals surface area contributed by atoms with E-state index in [1.54, 1.807) is 0 Å². The number of carbonyl (C=O) groups excluding carboxylic acids is 1. The molecule has 1 amide bonds. The third kappa shape index (κ3) is 4.20. The minimum atomic E-state index is -0.591. The van der Waals surface area contributed by atoms with Gasteiger partial charge in [0.25, 0.3) is 0 Å². The molecule has 0 saturated carbocycles. The monoisotopic (exact) mass is 478 g/mol. The van der Waals surface area contributed by atoms with Gasteiger partial charge in [-0.05, 0) is 30.9 Å². The lowest BCUT2D eigenvalue weighted by atomic mass is 10.1. The van der Waals surface area contributed by atoms with E-state index in [-0.39, 0.29) is 11.5 Å². The molecule has 1 spiro atoms. The summed E-state index contributed by atoms with van der Waals surface area (Å²) in [5.41, 5.74) is 3.30. The summed E-state index contributed by atoms with van der Waals surface area (Å²) in [6.07, 6.45) is 4.32. The summed E-state index contributed by atoms with van der Waals surface area (Å²) in [6.45, 7) is 5.59. The van der Waals surface area contributed by atoms with Crippen molar-refractivity contribution >= 4 is 29.2 Å². The molecule has 10 nitrogen and oxygen atoms in total. The Kier molecular flexibility index (Phi) is 5.17. The number of pyridine rings is 1. The van der Waals surface area contributed by atoms with E-state index in [4.69, 9.17) is 14.7 Å². The van der Waals surface area contributed by atoms with Gasteiger partial charge in [0, 0.05) is 36.7 Å². The van der Waals surface area contributed by atoms with Crippen LogP contribution in [0.3, 0.4) is 0 Å². The van der Waals surface area contributed by atoms with Gasteiger partial charge in [-0.15, -0.1) is 0 Å². The van der Waals surface area contributed by atoms with Gasteiger partial charge in [0.15, 0.2) is 5.82 Å². The highest BCUT2D eigenvalue weighted by Gasteiger charge is 2.51. The summed E-state index contributed by atoms with van der Waals surface area (Å²) in [7, 11) is 0. The van der Waals surface area contributed by atoms with Crippen molar-refractivity contribution in [3.05, 3.63) is 47.3 Å². The number of carbonyl (C=O) groups is 1. The summed E-state index contributed by atoms with van der Waals surface area (Å²) >= 11 is 0. The van der Waals surface area contributed by atoms with E-state index in [1.165, 1.54) is 18.3 Å². The van der Waals surface area contributed by atoms with Gasteiger partial charge < -0.3 is 20.3 Å². The van der Waals surface area contributed by atoms with Crippen molar-refractivity contribution in [1.82, 2.24) is 25.1 Å². The largest absolute Gasteiger partial charge is 0.369 e. The van der Waals surface area contributed by atoms with Gasteiger partial charge >= 0.3 is 0 Å². The second kappa shape index (κ2) is 8.26. The van der Waals surface area contributed by atoms with Crippen LogP contribution in [0.5, 0.6) is 0 Å². The number of rotatable bonds is 6.